The highest BCUT2D eigenvalue weighted by molar-refractivity contribution is 5.23. The molecule has 0 radical (unpaired) electrons. The maximum Gasteiger partial charge on any atom is 0.0579 e. The first-order chi connectivity index (χ1) is 10.6. The van der Waals surface area contributed by atoms with Crippen LogP contribution in [-0.4, -0.2) is 24.8 Å². The maximum atomic E-state index is 10.8. The second-order valence-electron chi connectivity index (χ2n) is 8.55. The van der Waals surface area contributed by atoms with Gasteiger partial charge < -0.3 is 10.4 Å². The normalized spacial score (nSPS) is 42.7. The lowest BCUT2D eigenvalue weighted by Crippen LogP contribution is -2.54. The van der Waals surface area contributed by atoms with E-state index in [-0.39, 0.29) is 6.10 Å². The number of nitrogens with one attached hydrogen (secondary N) is 1. The van der Waals surface area contributed by atoms with E-state index in [2.05, 4.69) is 25.2 Å². The average Bonchev–Trinajstić information content (AvgIpc) is 2.50. The van der Waals surface area contributed by atoms with Crippen LogP contribution in [0.5, 0.6) is 0 Å². The smallest absolute Gasteiger partial charge is 0.0579 e. The summed E-state index contributed by atoms with van der Waals surface area (Å²) in [4.78, 5) is 0. The summed E-state index contributed by atoms with van der Waals surface area (Å²) in [5.41, 5.74) is 2.04. The van der Waals surface area contributed by atoms with Crippen LogP contribution in [0.15, 0.2) is 11.6 Å². The van der Waals surface area contributed by atoms with E-state index in [0.717, 1.165) is 31.2 Å². The molecule has 126 valence electrons. The standard InChI is InChI=1S/C20H35NO/c1-20(2)17-11-5-4-8-15(17)14(10-7-13-21-3)16-9-6-12-18(22)19(16)20/h10,15-19,21-22H,4-9,11-13H2,1-3H3/b14-10-. The van der Waals surface area contributed by atoms with Crippen LogP contribution in [-0.2, 0) is 0 Å². The van der Waals surface area contributed by atoms with E-state index in [1.807, 2.05) is 7.05 Å². The first-order valence-electron chi connectivity index (χ1n) is 9.60. The van der Waals surface area contributed by atoms with Crippen molar-refractivity contribution in [2.45, 2.75) is 71.3 Å². The Hall–Kier alpha value is -0.340. The van der Waals surface area contributed by atoms with Gasteiger partial charge in [-0.2, -0.15) is 0 Å². The molecule has 0 bridgehead atoms. The molecule has 0 amide bonds. The highest BCUT2D eigenvalue weighted by Gasteiger charge is 2.54. The Morgan fingerprint density at radius 2 is 1.82 bits per heavy atom. The van der Waals surface area contributed by atoms with E-state index in [1.54, 1.807) is 5.57 Å². The van der Waals surface area contributed by atoms with Crippen molar-refractivity contribution in [3.63, 3.8) is 0 Å². The third-order valence-corrected chi connectivity index (χ3v) is 7.07. The molecule has 5 atom stereocenters. The van der Waals surface area contributed by atoms with Gasteiger partial charge in [-0.3, -0.25) is 0 Å². The molecule has 0 heterocycles. The second-order valence-corrected chi connectivity index (χ2v) is 8.55. The van der Waals surface area contributed by atoms with E-state index < -0.39 is 0 Å². The molecule has 0 aromatic carbocycles. The lowest BCUT2D eigenvalue weighted by atomic mass is 9.46. The fraction of sp³-hybridized carbons (Fsp3) is 0.900. The van der Waals surface area contributed by atoms with Crippen LogP contribution in [0.4, 0.5) is 0 Å². The Morgan fingerprint density at radius 3 is 2.59 bits per heavy atom. The molecule has 2 nitrogen and oxygen atoms in total. The molecule has 3 rings (SSSR count). The summed E-state index contributed by atoms with van der Waals surface area (Å²) in [6.45, 7) is 6.00. The van der Waals surface area contributed by atoms with Crippen molar-refractivity contribution < 1.29 is 5.11 Å². The molecule has 22 heavy (non-hydrogen) atoms. The van der Waals surface area contributed by atoms with Crippen molar-refractivity contribution in [3.05, 3.63) is 11.6 Å². The zero-order valence-corrected chi connectivity index (χ0v) is 14.8. The molecule has 0 saturated heterocycles. The Kier molecular flexibility index (Phi) is 4.99. The van der Waals surface area contributed by atoms with E-state index in [0.29, 0.717) is 17.3 Å². The quantitative estimate of drug-likeness (QED) is 0.606. The molecule has 3 aliphatic carbocycles. The van der Waals surface area contributed by atoms with E-state index in [4.69, 9.17) is 0 Å². The van der Waals surface area contributed by atoms with Gasteiger partial charge in [0.05, 0.1) is 6.10 Å². The molecule has 5 unspecified atom stereocenters. The molecular weight excluding hydrogens is 270 g/mol. The zero-order chi connectivity index (χ0) is 15.7. The zero-order valence-electron chi connectivity index (χ0n) is 14.8. The fourth-order valence-electron chi connectivity index (χ4n) is 6.19. The summed E-state index contributed by atoms with van der Waals surface area (Å²) >= 11 is 0. The predicted molar refractivity (Wildman–Crippen MR) is 92.7 cm³/mol. The number of fused-ring (bicyclic) bond motifs is 2. The topological polar surface area (TPSA) is 32.3 Å². The summed E-state index contributed by atoms with van der Waals surface area (Å²) in [6.07, 6.45) is 12.7. The maximum absolute atomic E-state index is 10.8. The van der Waals surface area contributed by atoms with Gasteiger partial charge in [-0.1, -0.05) is 44.8 Å². The van der Waals surface area contributed by atoms with E-state index in [1.165, 1.54) is 38.5 Å². The monoisotopic (exact) mass is 305 g/mol. The predicted octanol–water partition coefficient (Wildman–Crippen LogP) is 4.15. The third kappa shape index (κ3) is 2.78. The highest BCUT2D eigenvalue weighted by Crippen LogP contribution is 2.61. The lowest BCUT2D eigenvalue weighted by Gasteiger charge is -2.59. The SMILES string of the molecule is CNCC/C=C1/C2CCCCC2C(C)(C)C2C(O)CCCC12. The van der Waals surface area contributed by atoms with E-state index >= 15 is 0 Å². The molecular formula is C20H35NO. The largest absolute Gasteiger partial charge is 0.393 e. The molecule has 2 heteroatoms. The number of hydrogen-bond donors (Lipinski definition) is 2. The summed E-state index contributed by atoms with van der Waals surface area (Å²) < 4.78 is 0. The summed E-state index contributed by atoms with van der Waals surface area (Å²) in [5.74, 6) is 2.72. The van der Waals surface area contributed by atoms with Gasteiger partial charge in [-0.05, 0) is 74.8 Å². The Labute approximate surface area is 136 Å². The summed E-state index contributed by atoms with van der Waals surface area (Å²) in [6, 6.07) is 0. The van der Waals surface area contributed by atoms with Gasteiger partial charge >= 0.3 is 0 Å². The first-order valence-corrected chi connectivity index (χ1v) is 9.60. The third-order valence-electron chi connectivity index (χ3n) is 7.07. The molecule has 2 N–H and O–H groups in total. The molecule has 0 aromatic heterocycles. The Morgan fingerprint density at radius 1 is 1.09 bits per heavy atom. The van der Waals surface area contributed by atoms with Crippen LogP contribution in [0, 0.1) is 29.1 Å². The Bertz CT molecular complexity index is 414. The van der Waals surface area contributed by atoms with Crippen molar-refractivity contribution in [2.75, 3.05) is 13.6 Å². The number of allylic oxidation sites excluding steroid dienone is 1. The number of aliphatic hydroxyl groups excluding tert-OH is 1. The minimum atomic E-state index is -0.0793. The van der Waals surface area contributed by atoms with Gasteiger partial charge in [0, 0.05) is 0 Å². The van der Waals surface area contributed by atoms with Gasteiger partial charge in [-0.15, -0.1) is 0 Å². The van der Waals surface area contributed by atoms with Crippen LogP contribution in [0.2, 0.25) is 0 Å². The molecule has 3 fully saturated rings. The number of rotatable bonds is 3. The van der Waals surface area contributed by atoms with Crippen LogP contribution < -0.4 is 5.32 Å². The van der Waals surface area contributed by atoms with Crippen molar-refractivity contribution in [3.8, 4) is 0 Å². The van der Waals surface area contributed by atoms with Crippen LogP contribution in [0.1, 0.15) is 65.2 Å². The first kappa shape index (κ1) is 16.5. The van der Waals surface area contributed by atoms with Crippen molar-refractivity contribution in [2.24, 2.45) is 29.1 Å². The van der Waals surface area contributed by atoms with Crippen LogP contribution in [0.25, 0.3) is 0 Å². The molecule has 3 saturated carbocycles. The van der Waals surface area contributed by atoms with Gasteiger partial charge in [-0.25, -0.2) is 0 Å². The molecule has 3 aliphatic rings. The minimum absolute atomic E-state index is 0.0793. The lowest BCUT2D eigenvalue weighted by molar-refractivity contribution is -0.0952. The van der Waals surface area contributed by atoms with Crippen LogP contribution in [0.3, 0.4) is 0 Å². The summed E-state index contributed by atoms with van der Waals surface area (Å²) in [7, 11) is 2.04. The van der Waals surface area contributed by atoms with Crippen molar-refractivity contribution in [1.82, 2.24) is 5.32 Å². The highest BCUT2D eigenvalue weighted by atomic mass is 16.3. The minimum Gasteiger partial charge on any atom is -0.393 e. The molecule has 0 aliphatic heterocycles. The van der Waals surface area contributed by atoms with E-state index in [9.17, 15) is 5.11 Å². The number of aliphatic hydroxyl groups is 1. The van der Waals surface area contributed by atoms with Crippen molar-refractivity contribution in [1.29, 1.82) is 0 Å². The fourth-order valence-corrected chi connectivity index (χ4v) is 6.19. The molecule has 0 spiro atoms. The van der Waals surface area contributed by atoms with Gasteiger partial charge in [0.1, 0.15) is 0 Å². The van der Waals surface area contributed by atoms with Crippen LogP contribution >= 0.6 is 0 Å². The second kappa shape index (κ2) is 6.65. The van der Waals surface area contributed by atoms with Gasteiger partial charge in [0.2, 0.25) is 0 Å². The average molecular weight is 306 g/mol. The van der Waals surface area contributed by atoms with Gasteiger partial charge in [0.15, 0.2) is 0 Å². The summed E-state index contributed by atoms with van der Waals surface area (Å²) in [5, 5.41) is 14.1. The van der Waals surface area contributed by atoms with Crippen molar-refractivity contribution >= 4 is 0 Å². The Balaban J connectivity index is 1.94. The molecule has 0 aromatic rings. The number of hydrogen-bond acceptors (Lipinski definition) is 2. The van der Waals surface area contributed by atoms with Gasteiger partial charge in [0.25, 0.3) is 0 Å².